The van der Waals surface area contributed by atoms with E-state index in [1.807, 2.05) is 42.5 Å². The zero-order chi connectivity index (χ0) is 25.0. The normalized spacial score (nSPS) is 15.1. The van der Waals surface area contributed by atoms with Crippen molar-refractivity contribution in [2.24, 2.45) is 0 Å². The lowest BCUT2D eigenvalue weighted by Crippen LogP contribution is -2.27. The molecule has 180 valence electrons. The molecule has 0 atom stereocenters. The van der Waals surface area contributed by atoms with E-state index in [-0.39, 0.29) is 11.3 Å². The first kappa shape index (κ1) is 25.3. The molecule has 1 fully saturated rings. The Morgan fingerprint density at radius 2 is 1.66 bits per heavy atom. The van der Waals surface area contributed by atoms with Crippen molar-refractivity contribution in [3.8, 4) is 11.5 Å². The number of para-hydroxylation sites is 1. The van der Waals surface area contributed by atoms with Crippen molar-refractivity contribution in [2.75, 3.05) is 18.1 Å². The minimum Gasteiger partial charge on any atom is -0.490 e. The Hall–Kier alpha value is -2.80. The molecule has 0 aromatic heterocycles. The lowest BCUT2D eigenvalue weighted by atomic mass is 9.87. The molecule has 7 heteroatoms. The number of halogens is 1. The Kier molecular flexibility index (Phi) is 7.85. The van der Waals surface area contributed by atoms with Gasteiger partial charge in [0.1, 0.15) is 24.7 Å². The fraction of sp³-hybridized carbons (Fsp3) is 0.214. The lowest BCUT2D eigenvalue weighted by Gasteiger charge is -2.19. The van der Waals surface area contributed by atoms with E-state index >= 15 is 0 Å². The van der Waals surface area contributed by atoms with Gasteiger partial charge in [0.2, 0.25) is 0 Å². The third-order valence-electron chi connectivity index (χ3n) is 5.40. The third kappa shape index (κ3) is 6.26. The summed E-state index contributed by atoms with van der Waals surface area (Å²) in [7, 11) is 0. The second-order valence-electron chi connectivity index (χ2n) is 9.01. The lowest BCUT2D eigenvalue weighted by molar-refractivity contribution is -0.113. The van der Waals surface area contributed by atoms with Crippen LogP contribution in [0.25, 0.3) is 6.08 Å². The summed E-state index contributed by atoms with van der Waals surface area (Å²) in [6.45, 7) is 7.27. The van der Waals surface area contributed by atoms with Crippen molar-refractivity contribution >= 4 is 57.6 Å². The zero-order valence-electron chi connectivity index (χ0n) is 19.8. The molecule has 0 unspecified atom stereocenters. The van der Waals surface area contributed by atoms with Gasteiger partial charge in [-0.1, -0.05) is 86.7 Å². The fourth-order valence-electron chi connectivity index (χ4n) is 3.53. The average molecular weight is 524 g/mol. The first-order chi connectivity index (χ1) is 16.7. The number of amides is 1. The van der Waals surface area contributed by atoms with Gasteiger partial charge in [-0.25, -0.2) is 0 Å². The van der Waals surface area contributed by atoms with Crippen LogP contribution in [0.2, 0.25) is 5.02 Å². The maximum absolute atomic E-state index is 13.1. The van der Waals surface area contributed by atoms with Gasteiger partial charge in [0.15, 0.2) is 4.32 Å². The SMILES string of the molecule is CC(C)(C)c1ccc(OCCOc2ccc(Cl)cc2C=C2SC(=S)N(c3ccccc3)C2=O)cc1. The van der Waals surface area contributed by atoms with Crippen molar-refractivity contribution in [1.82, 2.24) is 0 Å². The second-order valence-corrected chi connectivity index (χ2v) is 11.1. The molecule has 0 spiro atoms. The number of anilines is 1. The molecule has 3 aromatic carbocycles. The molecule has 1 aliphatic heterocycles. The molecule has 4 rings (SSSR count). The van der Waals surface area contributed by atoms with Crippen molar-refractivity contribution in [1.29, 1.82) is 0 Å². The van der Waals surface area contributed by atoms with Crippen LogP contribution in [0.3, 0.4) is 0 Å². The largest absolute Gasteiger partial charge is 0.490 e. The van der Waals surface area contributed by atoms with Gasteiger partial charge >= 0.3 is 0 Å². The summed E-state index contributed by atoms with van der Waals surface area (Å²) in [6, 6.07) is 22.8. The zero-order valence-corrected chi connectivity index (χ0v) is 22.2. The van der Waals surface area contributed by atoms with Gasteiger partial charge in [-0.2, -0.15) is 0 Å². The highest BCUT2D eigenvalue weighted by Crippen LogP contribution is 2.37. The summed E-state index contributed by atoms with van der Waals surface area (Å²) in [5, 5.41) is 0.553. The highest BCUT2D eigenvalue weighted by molar-refractivity contribution is 8.27. The maximum Gasteiger partial charge on any atom is 0.270 e. The molecular formula is C28H26ClNO3S2. The molecule has 35 heavy (non-hydrogen) atoms. The summed E-state index contributed by atoms with van der Waals surface area (Å²) < 4.78 is 12.3. The van der Waals surface area contributed by atoms with Gasteiger partial charge in [-0.15, -0.1) is 0 Å². The molecule has 0 radical (unpaired) electrons. The highest BCUT2D eigenvalue weighted by Gasteiger charge is 2.33. The van der Waals surface area contributed by atoms with Crippen LogP contribution in [0.4, 0.5) is 5.69 Å². The van der Waals surface area contributed by atoms with Crippen molar-refractivity contribution in [2.45, 2.75) is 26.2 Å². The second kappa shape index (κ2) is 10.9. The number of hydrogen-bond donors (Lipinski definition) is 0. The number of nitrogens with zero attached hydrogens (tertiary/aromatic N) is 1. The van der Waals surface area contributed by atoms with Crippen LogP contribution >= 0.6 is 35.6 Å². The predicted octanol–water partition coefficient (Wildman–Crippen LogP) is 7.50. The van der Waals surface area contributed by atoms with Crippen LogP contribution in [0.5, 0.6) is 11.5 Å². The molecule has 4 nitrogen and oxygen atoms in total. The maximum atomic E-state index is 13.1. The Balaban J connectivity index is 1.43. The van der Waals surface area contributed by atoms with E-state index in [4.69, 9.17) is 33.3 Å². The van der Waals surface area contributed by atoms with Gasteiger partial charge in [0.05, 0.1) is 10.6 Å². The molecule has 1 saturated heterocycles. The quantitative estimate of drug-likeness (QED) is 0.182. The Morgan fingerprint density at radius 1 is 0.971 bits per heavy atom. The number of carbonyl (C=O) groups is 1. The van der Waals surface area contributed by atoms with E-state index < -0.39 is 0 Å². The standard InChI is InChI=1S/C28H26ClNO3S2/c1-28(2,3)20-9-12-23(13-10-20)32-15-16-33-24-14-11-21(29)17-19(24)18-25-26(31)30(27(34)35-25)22-7-5-4-6-8-22/h4-14,17-18H,15-16H2,1-3H3. The molecule has 1 amide bonds. The highest BCUT2D eigenvalue weighted by atomic mass is 35.5. The molecule has 1 heterocycles. The van der Waals surface area contributed by atoms with Crippen molar-refractivity contribution in [3.05, 3.63) is 93.9 Å². The first-order valence-corrected chi connectivity index (χ1v) is 12.8. The number of rotatable bonds is 7. The predicted molar refractivity (Wildman–Crippen MR) is 150 cm³/mol. The van der Waals surface area contributed by atoms with Crippen molar-refractivity contribution in [3.63, 3.8) is 0 Å². The molecule has 0 saturated carbocycles. The molecule has 0 N–H and O–H groups in total. The van der Waals surface area contributed by atoms with Gasteiger partial charge in [-0.05, 0) is 59.5 Å². The number of benzene rings is 3. The first-order valence-electron chi connectivity index (χ1n) is 11.2. The molecule has 0 aliphatic carbocycles. The van der Waals surface area contributed by atoms with Crippen LogP contribution in [-0.2, 0) is 10.2 Å². The monoisotopic (exact) mass is 523 g/mol. The Bertz CT molecular complexity index is 1250. The van der Waals surface area contributed by atoms with E-state index in [0.29, 0.717) is 38.8 Å². The average Bonchev–Trinajstić information content (AvgIpc) is 3.10. The smallest absolute Gasteiger partial charge is 0.270 e. The van der Waals surface area contributed by atoms with Crippen LogP contribution in [0.1, 0.15) is 31.9 Å². The summed E-state index contributed by atoms with van der Waals surface area (Å²) in [6.07, 6.45) is 1.77. The van der Waals surface area contributed by atoms with E-state index in [1.54, 1.807) is 24.3 Å². The Morgan fingerprint density at radius 3 is 2.34 bits per heavy atom. The van der Waals surface area contributed by atoms with Crippen LogP contribution in [-0.4, -0.2) is 23.4 Å². The summed E-state index contributed by atoms with van der Waals surface area (Å²) >= 11 is 13.0. The van der Waals surface area contributed by atoms with Gasteiger partial charge in [0.25, 0.3) is 5.91 Å². The summed E-state index contributed by atoms with van der Waals surface area (Å²) in [4.78, 5) is 15.1. The Labute approximate surface area is 220 Å². The molecule has 1 aliphatic rings. The molecular weight excluding hydrogens is 498 g/mol. The third-order valence-corrected chi connectivity index (χ3v) is 6.93. The van der Waals surface area contributed by atoms with E-state index in [1.165, 1.54) is 22.2 Å². The van der Waals surface area contributed by atoms with E-state index in [9.17, 15) is 4.79 Å². The summed E-state index contributed by atoms with van der Waals surface area (Å²) in [5.41, 5.74) is 2.81. The number of hydrogen-bond acceptors (Lipinski definition) is 5. The number of ether oxygens (including phenoxy) is 2. The molecule has 3 aromatic rings. The van der Waals surface area contributed by atoms with Crippen LogP contribution in [0.15, 0.2) is 77.7 Å². The van der Waals surface area contributed by atoms with Crippen LogP contribution in [0, 0.1) is 0 Å². The van der Waals surface area contributed by atoms with Crippen LogP contribution < -0.4 is 14.4 Å². The van der Waals surface area contributed by atoms with Gasteiger partial charge in [0, 0.05) is 10.6 Å². The topological polar surface area (TPSA) is 38.8 Å². The number of carbonyl (C=O) groups excluding carboxylic acids is 1. The van der Waals surface area contributed by atoms with E-state index in [0.717, 1.165) is 11.4 Å². The fourth-order valence-corrected chi connectivity index (χ4v) is 5.00. The van der Waals surface area contributed by atoms with E-state index in [2.05, 4.69) is 32.9 Å². The number of thiocarbonyl (C=S) groups is 1. The van der Waals surface area contributed by atoms with Gasteiger partial charge < -0.3 is 9.47 Å². The number of thioether (sulfide) groups is 1. The minimum atomic E-state index is -0.167. The van der Waals surface area contributed by atoms with Crippen molar-refractivity contribution < 1.29 is 14.3 Å². The minimum absolute atomic E-state index is 0.0992. The van der Waals surface area contributed by atoms with Gasteiger partial charge in [-0.3, -0.25) is 9.69 Å². The summed E-state index contributed by atoms with van der Waals surface area (Å²) in [5.74, 6) is 1.24. The molecule has 0 bridgehead atoms.